The van der Waals surface area contributed by atoms with E-state index in [0.29, 0.717) is 12.2 Å². The highest BCUT2D eigenvalue weighted by atomic mass is 16.7. The van der Waals surface area contributed by atoms with Crippen LogP contribution in [0.1, 0.15) is 15.9 Å². The molecule has 21 heavy (non-hydrogen) atoms. The van der Waals surface area contributed by atoms with Gasteiger partial charge in [0.05, 0.1) is 12.7 Å². The minimum atomic E-state index is -0.357. The van der Waals surface area contributed by atoms with E-state index in [0.717, 1.165) is 16.6 Å². The summed E-state index contributed by atoms with van der Waals surface area (Å²) in [6.07, 6.45) is 0. The van der Waals surface area contributed by atoms with Gasteiger partial charge in [0.2, 0.25) is 0 Å². The number of hydrogen-bond donors (Lipinski definition) is 0. The first kappa shape index (κ1) is 13.1. The molecule has 106 valence electrons. The molecule has 0 amide bonds. The summed E-state index contributed by atoms with van der Waals surface area (Å²) in [4.78, 5) is 18.3. The van der Waals surface area contributed by atoms with Crippen LogP contribution in [-0.4, -0.2) is 28.2 Å². The fraction of sp³-hybridized carbons (Fsp3) is 0.133. The monoisotopic (exact) mass is 283 g/mol. The lowest BCUT2D eigenvalue weighted by molar-refractivity contribution is 0.0600. The van der Waals surface area contributed by atoms with Gasteiger partial charge in [-0.3, -0.25) is 0 Å². The maximum atomic E-state index is 11.3. The number of nitrogens with zero attached hydrogens (tertiary/aromatic N) is 3. The topological polar surface area (TPSA) is 66.2 Å². The highest BCUT2D eigenvalue weighted by Crippen LogP contribution is 2.10. The zero-order chi connectivity index (χ0) is 14.7. The molecular formula is C15H13N3O3. The first-order chi connectivity index (χ1) is 10.3. The summed E-state index contributed by atoms with van der Waals surface area (Å²) in [5.41, 5.74) is 3.01. The number of fused-ring (bicyclic) bond motifs is 1. The van der Waals surface area contributed by atoms with E-state index in [2.05, 4.69) is 15.0 Å². The lowest BCUT2D eigenvalue weighted by Crippen LogP contribution is -2.13. The summed E-state index contributed by atoms with van der Waals surface area (Å²) in [6.45, 7) is 0.328. The molecule has 6 heteroatoms. The van der Waals surface area contributed by atoms with Gasteiger partial charge in [-0.2, -0.15) is 0 Å². The molecule has 6 nitrogen and oxygen atoms in total. The van der Waals surface area contributed by atoms with Gasteiger partial charge in [-0.1, -0.05) is 29.1 Å². The second-order valence-electron chi connectivity index (χ2n) is 4.41. The van der Waals surface area contributed by atoms with Gasteiger partial charge in [-0.15, -0.1) is 5.10 Å². The molecule has 1 heterocycles. The molecule has 3 rings (SSSR count). The summed E-state index contributed by atoms with van der Waals surface area (Å²) in [7, 11) is 1.36. The number of ether oxygens (including phenoxy) is 1. The number of para-hydroxylation sites is 1. The summed E-state index contributed by atoms with van der Waals surface area (Å²) in [6, 6.07) is 14.6. The molecule has 0 aliphatic carbocycles. The molecule has 0 saturated heterocycles. The predicted molar refractivity (Wildman–Crippen MR) is 75.6 cm³/mol. The van der Waals surface area contributed by atoms with Crippen LogP contribution in [0, 0.1) is 0 Å². The van der Waals surface area contributed by atoms with Crippen LogP contribution >= 0.6 is 0 Å². The number of benzene rings is 2. The molecule has 0 aliphatic rings. The van der Waals surface area contributed by atoms with Crippen molar-refractivity contribution in [1.82, 2.24) is 15.2 Å². The summed E-state index contributed by atoms with van der Waals surface area (Å²) < 4.78 is 4.65. The van der Waals surface area contributed by atoms with Crippen molar-refractivity contribution in [3.05, 3.63) is 59.7 Å². The molecule has 0 N–H and O–H groups in total. The van der Waals surface area contributed by atoms with E-state index in [1.165, 1.54) is 12.0 Å². The van der Waals surface area contributed by atoms with E-state index < -0.39 is 0 Å². The van der Waals surface area contributed by atoms with Crippen molar-refractivity contribution >= 4 is 17.0 Å². The van der Waals surface area contributed by atoms with Gasteiger partial charge in [-0.25, -0.2) is 4.79 Å². The number of methoxy groups -OCH3 is 1. The van der Waals surface area contributed by atoms with Crippen molar-refractivity contribution in [2.24, 2.45) is 0 Å². The van der Waals surface area contributed by atoms with Crippen molar-refractivity contribution in [3.8, 4) is 0 Å². The molecule has 0 atom stereocenters. The minimum absolute atomic E-state index is 0.328. The predicted octanol–water partition coefficient (Wildman–Crippen LogP) is 1.85. The third kappa shape index (κ3) is 2.69. The molecule has 0 saturated carbocycles. The Labute approximate surface area is 120 Å². The fourth-order valence-corrected chi connectivity index (χ4v) is 1.93. The van der Waals surface area contributed by atoms with Crippen LogP contribution in [0.2, 0.25) is 0 Å². The summed E-state index contributed by atoms with van der Waals surface area (Å²) >= 11 is 0. The van der Waals surface area contributed by atoms with Crippen LogP contribution in [0.5, 0.6) is 0 Å². The Morgan fingerprint density at radius 1 is 1.14 bits per heavy atom. The molecule has 3 aromatic rings. The van der Waals surface area contributed by atoms with Crippen molar-refractivity contribution in [3.63, 3.8) is 0 Å². The SMILES string of the molecule is COC(=O)c1ccc(COn2nnc3ccccc32)cc1. The molecule has 1 aromatic heterocycles. The number of hydrogen-bond acceptors (Lipinski definition) is 5. The average molecular weight is 283 g/mol. The van der Waals surface area contributed by atoms with Crippen LogP contribution in [0.4, 0.5) is 0 Å². The normalized spacial score (nSPS) is 10.5. The Morgan fingerprint density at radius 2 is 1.90 bits per heavy atom. The Hall–Kier alpha value is -2.89. The Balaban J connectivity index is 1.71. The molecule has 2 aromatic carbocycles. The molecule has 0 bridgehead atoms. The largest absolute Gasteiger partial charge is 0.465 e. The zero-order valence-corrected chi connectivity index (χ0v) is 11.4. The van der Waals surface area contributed by atoms with Gasteiger partial charge >= 0.3 is 5.97 Å². The third-order valence-corrected chi connectivity index (χ3v) is 3.05. The zero-order valence-electron chi connectivity index (χ0n) is 11.4. The van der Waals surface area contributed by atoms with Crippen LogP contribution in [-0.2, 0) is 11.3 Å². The standard InChI is InChI=1S/C15H13N3O3/c1-20-15(19)12-8-6-11(7-9-12)10-21-18-14-5-3-2-4-13(14)16-17-18/h2-9H,10H2,1H3. The van der Waals surface area contributed by atoms with Gasteiger partial charge in [0.25, 0.3) is 0 Å². The van der Waals surface area contributed by atoms with Gasteiger partial charge in [0.15, 0.2) is 0 Å². The Bertz CT molecular complexity index is 765. The van der Waals surface area contributed by atoms with Gasteiger partial charge < -0.3 is 9.57 Å². The van der Waals surface area contributed by atoms with Crippen LogP contribution < -0.4 is 4.84 Å². The summed E-state index contributed by atoms with van der Waals surface area (Å²) in [5, 5.41) is 7.95. The maximum Gasteiger partial charge on any atom is 0.337 e. The molecule has 0 aliphatic heterocycles. The van der Waals surface area contributed by atoms with Crippen LogP contribution in [0.3, 0.4) is 0 Å². The van der Waals surface area contributed by atoms with Crippen LogP contribution in [0.25, 0.3) is 11.0 Å². The van der Waals surface area contributed by atoms with Crippen molar-refractivity contribution in [1.29, 1.82) is 0 Å². The van der Waals surface area contributed by atoms with E-state index in [9.17, 15) is 4.79 Å². The van der Waals surface area contributed by atoms with E-state index in [1.807, 2.05) is 36.4 Å². The van der Waals surface area contributed by atoms with E-state index in [4.69, 9.17) is 4.84 Å². The number of esters is 1. The van der Waals surface area contributed by atoms with E-state index in [1.54, 1.807) is 12.1 Å². The van der Waals surface area contributed by atoms with Crippen LogP contribution in [0.15, 0.2) is 48.5 Å². The quantitative estimate of drug-likeness (QED) is 0.684. The van der Waals surface area contributed by atoms with Gasteiger partial charge in [0, 0.05) is 0 Å². The molecule has 0 fully saturated rings. The van der Waals surface area contributed by atoms with E-state index in [-0.39, 0.29) is 5.97 Å². The van der Waals surface area contributed by atoms with Crippen molar-refractivity contribution in [2.45, 2.75) is 6.61 Å². The minimum Gasteiger partial charge on any atom is -0.465 e. The third-order valence-electron chi connectivity index (χ3n) is 3.05. The number of aromatic nitrogens is 3. The maximum absolute atomic E-state index is 11.3. The van der Waals surface area contributed by atoms with Gasteiger partial charge in [-0.05, 0) is 35.0 Å². The first-order valence-electron chi connectivity index (χ1n) is 6.39. The Morgan fingerprint density at radius 3 is 2.67 bits per heavy atom. The first-order valence-corrected chi connectivity index (χ1v) is 6.39. The molecule has 0 unspecified atom stereocenters. The van der Waals surface area contributed by atoms with Crippen molar-refractivity contribution < 1.29 is 14.4 Å². The number of carbonyl (C=O) groups excluding carboxylic acids is 1. The number of carbonyl (C=O) groups is 1. The number of rotatable bonds is 4. The highest BCUT2D eigenvalue weighted by molar-refractivity contribution is 5.89. The lowest BCUT2D eigenvalue weighted by Gasteiger charge is -2.06. The van der Waals surface area contributed by atoms with E-state index >= 15 is 0 Å². The average Bonchev–Trinajstić information content (AvgIpc) is 2.96. The lowest BCUT2D eigenvalue weighted by atomic mass is 10.1. The molecule has 0 spiro atoms. The molecule has 0 radical (unpaired) electrons. The molecular weight excluding hydrogens is 270 g/mol. The smallest absolute Gasteiger partial charge is 0.337 e. The Kier molecular flexibility index (Phi) is 3.51. The second kappa shape index (κ2) is 5.62. The van der Waals surface area contributed by atoms with Crippen molar-refractivity contribution in [2.75, 3.05) is 7.11 Å². The summed E-state index contributed by atoms with van der Waals surface area (Å²) in [5.74, 6) is -0.357. The fourth-order valence-electron chi connectivity index (χ4n) is 1.93. The highest BCUT2D eigenvalue weighted by Gasteiger charge is 2.06. The van der Waals surface area contributed by atoms with Gasteiger partial charge in [0.1, 0.15) is 17.6 Å². The second-order valence-corrected chi connectivity index (χ2v) is 4.41.